The molecule has 0 atom stereocenters. The minimum atomic E-state index is -0.438. The average molecular weight is 461 g/mol. The number of imide groups is 1. The lowest BCUT2D eigenvalue weighted by molar-refractivity contribution is -0.123. The fourth-order valence-corrected chi connectivity index (χ4v) is 3.98. The normalized spacial score (nSPS) is 16.2. The molecule has 1 aliphatic heterocycles. The summed E-state index contributed by atoms with van der Waals surface area (Å²) in [5.74, 6) is -0.843. The minimum absolute atomic E-state index is 0.00632. The second-order valence-electron chi connectivity index (χ2n) is 5.14. The minimum Gasteiger partial charge on any atom is -0.268 e. The molecule has 25 heavy (non-hydrogen) atoms. The van der Waals surface area contributed by atoms with E-state index in [0.29, 0.717) is 21.2 Å². The van der Waals surface area contributed by atoms with Gasteiger partial charge < -0.3 is 0 Å². The molecular formula is C17H9BrCl2FNO2S. The molecule has 0 N–H and O–H groups in total. The summed E-state index contributed by atoms with van der Waals surface area (Å²) >= 11 is 16.1. The Labute approximate surface area is 165 Å². The van der Waals surface area contributed by atoms with Crippen molar-refractivity contribution in [3.05, 3.63) is 72.8 Å². The highest BCUT2D eigenvalue weighted by Gasteiger charge is 2.35. The zero-order valence-corrected chi connectivity index (χ0v) is 16.3. The van der Waals surface area contributed by atoms with Gasteiger partial charge in [0.15, 0.2) is 0 Å². The maximum atomic E-state index is 13.3. The molecule has 2 amide bonds. The third kappa shape index (κ3) is 3.92. The Kier molecular flexibility index (Phi) is 5.53. The van der Waals surface area contributed by atoms with E-state index in [0.717, 1.165) is 16.7 Å². The molecule has 2 aromatic rings. The first-order valence-corrected chi connectivity index (χ1v) is 9.36. The number of hydrogen-bond donors (Lipinski definition) is 0. The number of halogens is 4. The van der Waals surface area contributed by atoms with Crippen molar-refractivity contribution in [2.75, 3.05) is 0 Å². The van der Waals surface area contributed by atoms with Crippen LogP contribution in [-0.4, -0.2) is 16.0 Å². The highest BCUT2D eigenvalue weighted by molar-refractivity contribution is 9.10. The van der Waals surface area contributed by atoms with Gasteiger partial charge in [0.25, 0.3) is 11.1 Å². The van der Waals surface area contributed by atoms with Gasteiger partial charge in [0.2, 0.25) is 0 Å². The summed E-state index contributed by atoms with van der Waals surface area (Å²) in [6.07, 6.45) is 1.54. The van der Waals surface area contributed by atoms with Crippen LogP contribution >= 0.6 is 50.9 Å². The van der Waals surface area contributed by atoms with E-state index in [2.05, 4.69) is 15.9 Å². The molecule has 1 saturated heterocycles. The number of carbonyl (C=O) groups is 2. The van der Waals surface area contributed by atoms with Gasteiger partial charge in [0.05, 0.1) is 15.9 Å². The summed E-state index contributed by atoms with van der Waals surface area (Å²) in [5, 5.41) is 0.365. The van der Waals surface area contributed by atoms with Crippen molar-refractivity contribution < 1.29 is 14.0 Å². The van der Waals surface area contributed by atoms with Crippen LogP contribution in [0.5, 0.6) is 0 Å². The number of hydrogen-bond acceptors (Lipinski definition) is 3. The van der Waals surface area contributed by atoms with Crippen molar-refractivity contribution in [2.24, 2.45) is 0 Å². The molecule has 1 heterocycles. The first-order chi connectivity index (χ1) is 11.9. The van der Waals surface area contributed by atoms with E-state index in [4.69, 9.17) is 23.2 Å². The van der Waals surface area contributed by atoms with Crippen molar-refractivity contribution in [3.63, 3.8) is 0 Å². The Morgan fingerprint density at radius 3 is 2.48 bits per heavy atom. The van der Waals surface area contributed by atoms with Crippen LogP contribution in [0.1, 0.15) is 11.1 Å². The van der Waals surface area contributed by atoms with Gasteiger partial charge in [-0.3, -0.25) is 14.5 Å². The molecule has 0 unspecified atom stereocenters. The van der Waals surface area contributed by atoms with E-state index in [9.17, 15) is 14.0 Å². The van der Waals surface area contributed by atoms with Gasteiger partial charge in [0, 0.05) is 15.6 Å². The summed E-state index contributed by atoms with van der Waals surface area (Å²) < 4.78 is 13.6. The standard InChI is InChI=1S/C17H9BrCl2FNO2S/c18-11-6-9(4-5-14(11)21)7-15-16(23)22(17(24)25-15)8-10-12(19)2-1-3-13(10)20/h1-7H,8H2/b15-7+. The third-order valence-electron chi connectivity index (χ3n) is 3.49. The molecule has 0 aliphatic carbocycles. The molecule has 0 bridgehead atoms. The van der Waals surface area contributed by atoms with E-state index >= 15 is 0 Å². The fraction of sp³-hybridized carbons (Fsp3) is 0.0588. The van der Waals surface area contributed by atoms with Crippen LogP contribution in [-0.2, 0) is 11.3 Å². The smallest absolute Gasteiger partial charge is 0.268 e. The number of amides is 2. The molecule has 1 fully saturated rings. The van der Waals surface area contributed by atoms with E-state index < -0.39 is 17.0 Å². The van der Waals surface area contributed by atoms with E-state index in [1.54, 1.807) is 24.3 Å². The van der Waals surface area contributed by atoms with Gasteiger partial charge in [0.1, 0.15) is 5.82 Å². The van der Waals surface area contributed by atoms with Crippen molar-refractivity contribution in [1.29, 1.82) is 0 Å². The number of nitrogens with zero attached hydrogens (tertiary/aromatic N) is 1. The molecule has 1 aliphatic rings. The molecule has 2 aromatic carbocycles. The SMILES string of the molecule is O=C1S/C(=C/c2ccc(F)c(Br)c2)C(=O)N1Cc1c(Cl)cccc1Cl. The lowest BCUT2D eigenvalue weighted by Crippen LogP contribution is -2.27. The van der Waals surface area contributed by atoms with Gasteiger partial charge in [-0.2, -0.15) is 0 Å². The van der Waals surface area contributed by atoms with Crippen LogP contribution < -0.4 is 0 Å². The molecule has 0 radical (unpaired) electrons. The van der Waals surface area contributed by atoms with Gasteiger partial charge >= 0.3 is 0 Å². The van der Waals surface area contributed by atoms with Gasteiger partial charge in [-0.25, -0.2) is 4.39 Å². The van der Waals surface area contributed by atoms with Crippen LogP contribution in [0.15, 0.2) is 45.8 Å². The van der Waals surface area contributed by atoms with Crippen molar-refractivity contribution in [3.8, 4) is 0 Å². The monoisotopic (exact) mass is 459 g/mol. The lowest BCUT2D eigenvalue weighted by Gasteiger charge is -2.14. The third-order valence-corrected chi connectivity index (χ3v) is 5.72. The Bertz CT molecular complexity index is 899. The maximum Gasteiger partial charge on any atom is 0.293 e. The van der Waals surface area contributed by atoms with Gasteiger partial charge in [-0.05, 0) is 63.6 Å². The number of benzene rings is 2. The highest BCUT2D eigenvalue weighted by Crippen LogP contribution is 2.35. The molecule has 0 aromatic heterocycles. The van der Waals surface area contributed by atoms with E-state index in [1.807, 2.05) is 0 Å². The predicted octanol–water partition coefficient (Wildman–Crippen LogP) is 6.13. The summed E-state index contributed by atoms with van der Waals surface area (Å²) in [7, 11) is 0. The highest BCUT2D eigenvalue weighted by atomic mass is 79.9. The van der Waals surface area contributed by atoms with Crippen LogP contribution in [0.3, 0.4) is 0 Å². The van der Waals surface area contributed by atoms with Crippen LogP contribution in [0.4, 0.5) is 9.18 Å². The molecule has 8 heteroatoms. The Balaban J connectivity index is 1.87. The summed E-state index contributed by atoms with van der Waals surface area (Å²) in [4.78, 5) is 26.1. The number of thioether (sulfide) groups is 1. The first-order valence-electron chi connectivity index (χ1n) is 7.00. The second kappa shape index (κ2) is 7.50. The summed E-state index contributed by atoms with van der Waals surface area (Å²) in [5.41, 5.74) is 1.12. The second-order valence-corrected chi connectivity index (χ2v) is 7.80. The lowest BCUT2D eigenvalue weighted by atomic mass is 10.2. The molecule has 0 spiro atoms. The fourth-order valence-electron chi connectivity index (χ4n) is 2.23. The van der Waals surface area contributed by atoms with Gasteiger partial charge in [-0.15, -0.1) is 0 Å². The molecule has 3 nitrogen and oxygen atoms in total. The number of rotatable bonds is 3. The zero-order chi connectivity index (χ0) is 18.1. The Morgan fingerprint density at radius 2 is 1.84 bits per heavy atom. The largest absolute Gasteiger partial charge is 0.293 e. The van der Waals surface area contributed by atoms with Crippen molar-refractivity contribution in [1.82, 2.24) is 4.90 Å². The molecular weight excluding hydrogens is 452 g/mol. The Hall–Kier alpha value is -1.34. The average Bonchev–Trinajstić information content (AvgIpc) is 2.81. The Morgan fingerprint density at radius 1 is 1.16 bits per heavy atom. The first kappa shape index (κ1) is 18.5. The van der Waals surface area contributed by atoms with Crippen molar-refractivity contribution >= 4 is 68.1 Å². The summed E-state index contributed by atoms with van der Waals surface area (Å²) in [6, 6.07) is 9.33. The van der Waals surface area contributed by atoms with Crippen molar-refractivity contribution in [2.45, 2.75) is 6.54 Å². The quantitative estimate of drug-likeness (QED) is 0.517. The van der Waals surface area contributed by atoms with Crippen LogP contribution in [0.25, 0.3) is 6.08 Å². The molecule has 128 valence electrons. The zero-order valence-electron chi connectivity index (χ0n) is 12.4. The van der Waals surface area contributed by atoms with Gasteiger partial charge in [-0.1, -0.05) is 35.3 Å². The summed E-state index contributed by atoms with van der Waals surface area (Å²) in [6.45, 7) is -0.00632. The van der Waals surface area contributed by atoms with E-state index in [1.165, 1.54) is 18.2 Å². The van der Waals surface area contributed by atoms with Crippen LogP contribution in [0, 0.1) is 5.82 Å². The number of carbonyl (C=O) groups excluding carboxylic acids is 2. The van der Waals surface area contributed by atoms with E-state index in [-0.39, 0.29) is 15.9 Å². The molecule has 3 rings (SSSR count). The molecule has 0 saturated carbocycles. The maximum absolute atomic E-state index is 13.3. The predicted molar refractivity (Wildman–Crippen MR) is 102 cm³/mol. The van der Waals surface area contributed by atoms with Crippen LogP contribution in [0.2, 0.25) is 10.0 Å². The topological polar surface area (TPSA) is 37.4 Å².